The van der Waals surface area contributed by atoms with Gasteiger partial charge in [-0.2, -0.15) is 0 Å². The summed E-state index contributed by atoms with van der Waals surface area (Å²) < 4.78 is 0. The average Bonchev–Trinajstić information content (AvgIpc) is 2.56. The Morgan fingerprint density at radius 3 is 2.55 bits per heavy atom. The van der Waals surface area contributed by atoms with Crippen molar-refractivity contribution in [2.24, 2.45) is 0 Å². The van der Waals surface area contributed by atoms with E-state index in [2.05, 4.69) is 29.3 Å². The van der Waals surface area contributed by atoms with Gasteiger partial charge in [-0.1, -0.05) is 12.1 Å². The highest BCUT2D eigenvalue weighted by Gasteiger charge is 2.24. The smallest absolute Gasteiger partial charge is 0.254 e. The molecule has 1 aromatic rings. The van der Waals surface area contributed by atoms with Gasteiger partial charge >= 0.3 is 0 Å². The summed E-state index contributed by atoms with van der Waals surface area (Å²) in [5, 5.41) is 3.37. The normalized spacial score (nSPS) is 23.5. The van der Waals surface area contributed by atoms with E-state index in [9.17, 15) is 4.79 Å². The standard InChI is InChI=1S/C18H27N3O/c1-15-4-2-3-11-21(15)18(22)17-7-5-16(6-8-17)14-20-12-9-19-10-13-20/h5-8,15,19H,2-4,9-14H2,1H3. The van der Waals surface area contributed by atoms with Gasteiger partial charge in [0, 0.05) is 50.9 Å². The van der Waals surface area contributed by atoms with Crippen LogP contribution in [0.15, 0.2) is 24.3 Å². The molecule has 2 aliphatic heterocycles. The quantitative estimate of drug-likeness (QED) is 0.929. The fraction of sp³-hybridized carbons (Fsp3) is 0.611. The summed E-state index contributed by atoms with van der Waals surface area (Å²) in [7, 11) is 0. The molecule has 1 aromatic carbocycles. The molecule has 3 rings (SSSR count). The van der Waals surface area contributed by atoms with Gasteiger partial charge in [-0.3, -0.25) is 9.69 Å². The van der Waals surface area contributed by atoms with Crippen molar-refractivity contribution in [1.82, 2.24) is 15.1 Å². The molecule has 0 aromatic heterocycles. The first-order chi connectivity index (χ1) is 10.7. The van der Waals surface area contributed by atoms with Crippen LogP contribution in [0.3, 0.4) is 0 Å². The lowest BCUT2D eigenvalue weighted by atomic mass is 10.0. The van der Waals surface area contributed by atoms with Crippen LogP contribution in [0.2, 0.25) is 0 Å². The highest BCUT2D eigenvalue weighted by molar-refractivity contribution is 5.94. The van der Waals surface area contributed by atoms with Crippen LogP contribution >= 0.6 is 0 Å². The molecule has 0 aliphatic carbocycles. The predicted molar refractivity (Wildman–Crippen MR) is 88.9 cm³/mol. The fourth-order valence-electron chi connectivity index (χ4n) is 3.45. The number of hydrogen-bond donors (Lipinski definition) is 1. The van der Waals surface area contributed by atoms with Crippen LogP contribution in [0.4, 0.5) is 0 Å². The SMILES string of the molecule is CC1CCCCN1C(=O)c1ccc(CN2CCNCC2)cc1. The van der Waals surface area contributed by atoms with Crippen LogP contribution in [0.5, 0.6) is 0 Å². The highest BCUT2D eigenvalue weighted by atomic mass is 16.2. The molecule has 0 bridgehead atoms. The van der Waals surface area contributed by atoms with E-state index in [0.717, 1.165) is 57.7 Å². The molecule has 1 atom stereocenters. The third kappa shape index (κ3) is 3.68. The second-order valence-corrected chi connectivity index (χ2v) is 6.57. The maximum absolute atomic E-state index is 12.6. The number of piperazine rings is 1. The van der Waals surface area contributed by atoms with E-state index >= 15 is 0 Å². The summed E-state index contributed by atoms with van der Waals surface area (Å²) in [6.45, 7) is 8.40. The molecule has 2 fully saturated rings. The highest BCUT2D eigenvalue weighted by Crippen LogP contribution is 2.19. The molecule has 0 spiro atoms. The van der Waals surface area contributed by atoms with Gasteiger partial charge in [-0.25, -0.2) is 0 Å². The van der Waals surface area contributed by atoms with E-state index < -0.39 is 0 Å². The Kier molecular flexibility index (Phi) is 5.11. The van der Waals surface area contributed by atoms with Crippen molar-refractivity contribution in [3.8, 4) is 0 Å². The van der Waals surface area contributed by atoms with Gasteiger partial charge in [0.15, 0.2) is 0 Å². The number of hydrogen-bond acceptors (Lipinski definition) is 3. The molecule has 4 heteroatoms. The third-order valence-electron chi connectivity index (χ3n) is 4.88. The number of carbonyl (C=O) groups excluding carboxylic acids is 1. The number of piperidine rings is 1. The van der Waals surface area contributed by atoms with Gasteiger partial charge in [0.1, 0.15) is 0 Å². The molecule has 2 aliphatic rings. The Balaban J connectivity index is 1.61. The first-order valence-corrected chi connectivity index (χ1v) is 8.57. The zero-order valence-electron chi connectivity index (χ0n) is 13.6. The zero-order chi connectivity index (χ0) is 15.4. The number of amides is 1. The van der Waals surface area contributed by atoms with E-state index in [1.807, 2.05) is 17.0 Å². The summed E-state index contributed by atoms with van der Waals surface area (Å²) in [5.41, 5.74) is 2.13. The van der Waals surface area contributed by atoms with Crippen LogP contribution in [0.25, 0.3) is 0 Å². The van der Waals surface area contributed by atoms with E-state index in [4.69, 9.17) is 0 Å². The molecular formula is C18H27N3O. The molecule has 1 unspecified atom stereocenters. The monoisotopic (exact) mass is 301 g/mol. The molecule has 4 nitrogen and oxygen atoms in total. The molecule has 0 saturated carbocycles. The molecule has 22 heavy (non-hydrogen) atoms. The number of rotatable bonds is 3. The summed E-state index contributed by atoms with van der Waals surface area (Å²) >= 11 is 0. The Hall–Kier alpha value is -1.39. The number of carbonyl (C=O) groups is 1. The van der Waals surface area contributed by atoms with E-state index in [-0.39, 0.29) is 5.91 Å². The van der Waals surface area contributed by atoms with Gasteiger partial charge < -0.3 is 10.2 Å². The molecule has 0 radical (unpaired) electrons. The summed E-state index contributed by atoms with van der Waals surface area (Å²) in [5.74, 6) is 0.195. The van der Waals surface area contributed by atoms with Crippen LogP contribution in [0, 0.1) is 0 Å². The van der Waals surface area contributed by atoms with Crippen molar-refractivity contribution < 1.29 is 4.79 Å². The van der Waals surface area contributed by atoms with Crippen LogP contribution in [0.1, 0.15) is 42.1 Å². The second kappa shape index (κ2) is 7.25. The average molecular weight is 301 g/mol. The Morgan fingerprint density at radius 2 is 1.86 bits per heavy atom. The van der Waals surface area contributed by atoms with E-state index in [1.165, 1.54) is 12.0 Å². The van der Waals surface area contributed by atoms with E-state index in [1.54, 1.807) is 0 Å². The fourth-order valence-corrected chi connectivity index (χ4v) is 3.45. The minimum absolute atomic E-state index is 0.195. The Labute approximate surface area is 133 Å². The Morgan fingerprint density at radius 1 is 1.14 bits per heavy atom. The summed E-state index contributed by atoms with van der Waals surface area (Å²) in [6.07, 6.45) is 3.51. The lowest BCUT2D eigenvalue weighted by Crippen LogP contribution is -2.43. The summed E-state index contributed by atoms with van der Waals surface area (Å²) in [4.78, 5) is 17.1. The molecule has 2 heterocycles. The maximum atomic E-state index is 12.6. The lowest BCUT2D eigenvalue weighted by molar-refractivity contribution is 0.0635. The van der Waals surface area contributed by atoms with Gasteiger partial charge in [0.05, 0.1) is 0 Å². The van der Waals surface area contributed by atoms with Crippen LogP contribution < -0.4 is 5.32 Å². The zero-order valence-corrected chi connectivity index (χ0v) is 13.6. The summed E-state index contributed by atoms with van der Waals surface area (Å²) in [6, 6.07) is 8.61. The van der Waals surface area contributed by atoms with Crippen molar-refractivity contribution in [2.75, 3.05) is 32.7 Å². The molecule has 1 N–H and O–H groups in total. The minimum atomic E-state index is 0.195. The van der Waals surface area contributed by atoms with Gasteiger partial charge in [0.2, 0.25) is 0 Å². The number of likely N-dealkylation sites (tertiary alicyclic amines) is 1. The Bertz CT molecular complexity index is 494. The minimum Gasteiger partial charge on any atom is -0.336 e. The molecular weight excluding hydrogens is 274 g/mol. The largest absolute Gasteiger partial charge is 0.336 e. The lowest BCUT2D eigenvalue weighted by Gasteiger charge is -2.33. The molecule has 120 valence electrons. The molecule has 2 saturated heterocycles. The van der Waals surface area contributed by atoms with Crippen molar-refractivity contribution in [2.45, 2.75) is 38.8 Å². The van der Waals surface area contributed by atoms with Crippen molar-refractivity contribution in [3.05, 3.63) is 35.4 Å². The number of nitrogens with zero attached hydrogens (tertiary/aromatic N) is 2. The second-order valence-electron chi connectivity index (χ2n) is 6.57. The van der Waals surface area contributed by atoms with Gasteiger partial charge in [-0.05, 0) is 43.9 Å². The van der Waals surface area contributed by atoms with Crippen LogP contribution in [-0.4, -0.2) is 54.5 Å². The van der Waals surface area contributed by atoms with Crippen molar-refractivity contribution >= 4 is 5.91 Å². The maximum Gasteiger partial charge on any atom is 0.254 e. The van der Waals surface area contributed by atoms with E-state index in [0.29, 0.717) is 6.04 Å². The topological polar surface area (TPSA) is 35.6 Å². The first kappa shape index (κ1) is 15.5. The van der Waals surface area contributed by atoms with Gasteiger partial charge in [0.25, 0.3) is 5.91 Å². The predicted octanol–water partition coefficient (Wildman–Crippen LogP) is 2.11. The van der Waals surface area contributed by atoms with Gasteiger partial charge in [-0.15, -0.1) is 0 Å². The van der Waals surface area contributed by atoms with Crippen molar-refractivity contribution in [3.63, 3.8) is 0 Å². The number of benzene rings is 1. The van der Waals surface area contributed by atoms with Crippen molar-refractivity contribution in [1.29, 1.82) is 0 Å². The third-order valence-corrected chi connectivity index (χ3v) is 4.88. The number of nitrogens with one attached hydrogen (secondary N) is 1. The first-order valence-electron chi connectivity index (χ1n) is 8.57. The van der Waals surface area contributed by atoms with Crippen LogP contribution in [-0.2, 0) is 6.54 Å². The molecule has 1 amide bonds.